The smallest absolute Gasteiger partial charge is 0.231 e. The largest absolute Gasteiger partial charge is 0.453 e. The maximum absolute atomic E-state index is 14.0. The Morgan fingerprint density at radius 3 is 2.12 bits per heavy atom. The van der Waals surface area contributed by atoms with Crippen molar-refractivity contribution in [1.29, 1.82) is 0 Å². The van der Waals surface area contributed by atoms with E-state index in [9.17, 15) is 9.59 Å². The maximum Gasteiger partial charge on any atom is 0.231 e. The fourth-order valence-corrected chi connectivity index (χ4v) is 5.77. The summed E-state index contributed by atoms with van der Waals surface area (Å²) in [6.07, 6.45) is 6.73. The fraction of sp³-hybridized carbons (Fsp3) is 0.351. The topological polar surface area (TPSA) is 53.1 Å². The van der Waals surface area contributed by atoms with Gasteiger partial charge in [-0.2, -0.15) is 0 Å². The van der Waals surface area contributed by atoms with Gasteiger partial charge in [0.2, 0.25) is 11.8 Å². The van der Waals surface area contributed by atoms with E-state index in [0.717, 1.165) is 77.6 Å². The summed E-state index contributed by atoms with van der Waals surface area (Å²) in [4.78, 5) is 33.6. The van der Waals surface area contributed by atoms with Gasteiger partial charge in [-0.15, -0.1) is 0 Å². The minimum atomic E-state index is 0.0477. The second-order valence-electron chi connectivity index (χ2n) is 11.5. The zero-order valence-electron chi connectivity index (χ0n) is 25.9. The Hall–Kier alpha value is -4.32. The van der Waals surface area contributed by atoms with Crippen molar-refractivity contribution >= 4 is 45.3 Å². The van der Waals surface area contributed by atoms with Crippen LogP contribution < -0.4 is 19.4 Å². The van der Waals surface area contributed by atoms with E-state index in [4.69, 9.17) is 4.74 Å². The molecule has 43 heavy (non-hydrogen) atoms. The summed E-state index contributed by atoms with van der Waals surface area (Å²) in [5, 5.41) is 1.81. The van der Waals surface area contributed by atoms with Crippen LogP contribution >= 0.6 is 0 Å². The lowest BCUT2D eigenvalue weighted by atomic mass is 10.0. The summed E-state index contributed by atoms with van der Waals surface area (Å²) < 4.78 is 6.64. The van der Waals surface area contributed by atoms with Crippen molar-refractivity contribution in [3.63, 3.8) is 0 Å². The Labute approximate surface area is 255 Å². The van der Waals surface area contributed by atoms with Crippen molar-refractivity contribution in [1.82, 2.24) is 0 Å². The van der Waals surface area contributed by atoms with Crippen LogP contribution in [-0.2, 0) is 16.1 Å². The second-order valence-corrected chi connectivity index (χ2v) is 11.5. The first-order valence-corrected chi connectivity index (χ1v) is 15.6. The Bertz CT molecular complexity index is 1580. The molecule has 1 heterocycles. The molecule has 0 fully saturated rings. The van der Waals surface area contributed by atoms with Gasteiger partial charge >= 0.3 is 0 Å². The molecule has 1 aliphatic heterocycles. The molecule has 0 aliphatic carbocycles. The molecular formula is C37H43N3O3. The highest BCUT2D eigenvalue weighted by atomic mass is 16.5. The van der Waals surface area contributed by atoms with Gasteiger partial charge in [0.1, 0.15) is 0 Å². The molecule has 0 aromatic heterocycles. The third-order valence-electron chi connectivity index (χ3n) is 8.12. The summed E-state index contributed by atoms with van der Waals surface area (Å²) in [6, 6.07) is 26.1. The molecule has 6 nitrogen and oxygen atoms in total. The number of amides is 2. The molecule has 1 aliphatic rings. The molecule has 0 radical (unpaired) electrons. The minimum Gasteiger partial charge on any atom is -0.453 e. The molecule has 0 atom stereocenters. The fourth-order valence-electron chi connectivity index (χ4n) is 5.77. The number of unbranched alkanes of at least 4 members (excludes halogenated alkanes) is 4. The monoisotopic (exact) mass is 577 g/mol. The van der Waals surface area contributed by atoms with Crippen LogP contribution in [-0.4, -0.2) is 25.9 Å². The number of fused-ring (bicyclic) bond motifs is 4. The Morgan fingerprint density at radius 2 is 1.42 bits per heavy atom. The summed E-state index contributed by atoms with van der Waals surface area (Å²) in [7, 11) is 3.98. The number of hydrogen-bond donors (Lipinski definition) is 0. The average molecular weight is 578 g/mol. The van der Waals surface area contributed by atoms with E-state index in [2.05, 4.69) is 26.0 Å². The molecule has 5 rings (SSSR count). The first-order chi connectivity index (χ1) is 20.9. The standard InChI is InChI=1S/C37H43N3O3/c1-5-7-10-20-35(41)39(26-27-16-12-9-13-17-27)32-25-34-37(30-19-15-14-18-29(30)32)40(36(42)21-11-8-6-2)31-23-22-28(38(3)4)24-33(31)43-34/h9,12-19,22-25H,5-8,10-11,20-21,26H2,1-4H3. The van der Waals surface area contributed by atoms with Crippen molar-refractivity contribution in [3.05, 3.63) is 84.4 Å². The van der Waals surface area contributed by atoms with Gasteiger partial charge in [0, 0.05) is 55.5 Å². The van der Waals surface area contributed by atoms with Crippen LogP contribution in [0.2, 0.25) is 0 Å². The number of anilines is 4. The molecule has 4 aromatic rings. The molecule has 0 bridgehead atoms. The quantitative estimate of drug-likeness (QED) is 0.157. The molecule has 0 N–H and O–H groups in total. The zero-order valence-corrected chi connectivity index (χ0v) is 25.9. The van der Waals surface area contributed by atoms with Crippen molar-refractivity contribution in [3.8, 4) is 11.5 Å². The number of benzene rings is 4. The van der Waals surface area contributed by atoms with E-state index in [1.165, 1.54) is 0 Å². The van der Waals surface area contributed by atoms with E-state index in [1.54, 1.807) is 0 Å². The summed E-state index contributed by atoms with van der Waals surface area (Å²) in [6.45, 7) is 4.75. The molecule has 2 amide bonds. The third kappa shape index (κ3) is 6.53. The van der Waals surface area contributed by atoms with E-state index in [1.807, 2.05) is 95.5 Å². The summed E-state index contributed by atoms with van der Waals surface area (Å²) in [5.74, 6) is 1.35. The number of hydrogen-bond acceptors (Lipinski definition) is 4. The van der Waals surface area contributed by atoms with Gasteiger partial charge < -0.3 is 14.5 Å². The minimum absolute atomic E-state index is 0.0477. The highest BCUT2D eigenvalue weighted by Gasteiger charge is 2.33. The highest BCUT2D eigenvalue weighted by molar-refractivity contribution is 6.16. The Morgan fingerprint density at radius 1 is 0.744 bits per heavy atom. The molecule has 0 unspecified atom stereocenters. The van der Waals surface area contributed by atoms with Gasteiger partial charge in [0.15, 0.2) is 11.5 Å². The van der Waals surface area contributed by atoms with Crippen molar-refractivity contribution in [2.24, 2.45) is 0 Å². The van der Waals surface area contributed by atoms with Crippen LogP contribution in [0.1, 0.15) is 70.8 Å². The van der Waals surface area contributed by atoms with Crippen LogP contribution in [0.4, 0.5) is 22.7 Å². The zero-order chi connectivity index (χ0) is 30.3. The lowest BCUT2D eigenvalue weighted by Gasteiger charge is -2.35. The number of ether oxygens (including phenoxy) is 1. The second kappa shape index (κ2) is 13.8. The normalized spacial score (nSPS) is 12.0. The van der Waals surface area contributed by atoms with Crippen LogP contribution in [0.3, 0.4) is 0 Å². The van der Waals surface area contributed by atoms with Crippen molar-refractivity contribution < 1.29 is 14.3 Å². The van der Waals surface area contributed by atoms with Crippen LogP contribution in [0.15, 0.2) is 78.9 Å². The molecule has 224 valence electrons. The number of carbonyl (C=O) groups excluding carboxylic acids is 2. The molecule has 0 saturated heterocycles. The highest BCUT2D eigenvalue weighted by Crippen LogP contribution is 2.53. The van der Waals surface area contributed by atoms with Gasteiger partial charge in [-0.1, -0.05) is 94.1 Å². The lowest BCUT2D eigenvalue weighted by Crippen LogP contribution is -2.32. The van der Waals surface area contributed by atoms with Gasteiger partial charge in [-0.25, -0.2) is 0 Å². The lowest BCUT2D eigenvalue weighted by molar-refractivity contribution is -0.119. The van der Waals surface area contributed by atoms with Crippen molar-refractivity contribution in [2.75, 3.05) is 28.8 Å². The van der Waals surface area contributed by atoms with Gasteiger partial charge in [-0.05, 0) is 30.5 Å². The van der Waals surface area contributed by atoms with E-state index >= 15 is 0 Å². The number of carbonyl (C=O) groups is 2. The predicted molar refractivity (Wildman–Crippen MR) is 178 cm³/mol. The number of nitrogens with zero attached hydrogens (tertiary/aromatic N) is 3. The van der Waals surface area contributed by atoms with Crippen LogP contribution in [0.25, 0.3) is 10.8 Å². The van der Waals surface area contributed by atoms with Crippen molar-refractivity contribution in [2.45, 2.75) is 71.8 Å². The summed E-state index contributed by atoms with van der Waals surface area (Å²) in [5.41, 5.74) is 4.32. The summed E-state index contributed by atoms with van der Waals surface area (Å²) >= 11 is 0. The van der Waals surface area contributed by atoms with Gasteiger partial charge in [0.05, 0.1) is 23.6 Å². The SMILES string of the molecule is CCCCCC(=O)N(Cc1ccccc1)c1cc2c(c3ccccc13)N(C(=O)CCCCC)c1ccc(N(C)C)cc1O2. The molecule has 4 aromatic carbocycles. The molecule has 6 heteroatoms. The predicted octanol–water partition coefficient (Wildman–Crippen LogP) is 9.37. The first kappa shape index (κ1) is 30.1. The Kier molecular flexibility index (Phi) is 9.65. The maximum atomic E-state index is 14.0. The average Bonchev–Trinajstić information content (AvgIpc) is 3.02. The van der Waals surface area contributed by atoms with E-state index in [-0.39, 0.29) is 11.8 Å². The Balaban J connectivity index is 1.68. The molecule has 0 spiro atoms. The third-order valence-corrected chi connectivity index (χ3v) is 8.12. The van der Waals surface area contributed by atoms with Gasteiger partial charge in [-0.3, -0.25) is 14.5 Å². The van der Waals surface area contributed by atoms with Gasteiger partial charge in [0.25, 0.3) is 0 Å². The first-order valence-electron chi connectivity index (χ1n) is 15.6. The van der Waals surface area contributed by atoms with E-state index < -0.39 is 0 Å². The molecule has 0 saturated carbocycles. The van der Waals surface area contributed by atoms with Crippen LogP contribution in [0, 0.1) is 0 Å². The number of rotatable bonds is 12. The van der Waals surface area contributed by atoms with Crippen LogP contribution in [0.5, 0.6) is 11.5 Å². The molecular weight excluding hydrogens is 534 g/mol. The van der Waals surface area contributed by atoms with E-state index in [0.29, 0.717) is 30.9 Å².